The number of nitrogens with zero attached hydrogens (tertiary/aromatic N) is 1. The number of aliphatic hydroxyl groups excluding tert-OH is 1. The fourth-order valence-corrected chi connectivity index (χ4v) is 1.67. The van der Waals surface area contributed by atoms with E-state index in [1.807, 2.05) is 0 Å². The van der Waals surface area contributed by atoms with Crippen molar-refractivity contribution in [1.82, 2.24) is 4.90 Å². The van der Waals surface area contributed by atoms with Crippen LogP contribution in [0.4, 0.5) is 0 Å². The van der Waals surface area contributed by atoms with Crippen LogP contribution in [0, 0.1) is 13.8 Å². The van der Waals surface area contributed by atoms with Gasteiger partial charge in [0.25, 0.3) is 0 Å². The molecule has 0 aliphatic heterocycles. The van der Waals surface area contributed by atoms with Gasteiger partial charge < -0.3 is 10.0 Å². The average molecular weight is 235 g/mol. The number of hydrogen-bond donors (Lipinski definition) is 1. The zero-order chi connectivity index (χ0) is 12.8. The van der Waals surface area contributed by atoms with E-state index in [1.54, 1.807) is 11.9 Å². The van der Waals surface area contributed by atoms with Crippen molar-refractivity contribution >= 4 is 5.91 Å². The first kappa shape index (κ1) is 13.7. The zero-order valence-electron chi connectivity index (χ0n) is 10.9. The largest absolute Gasteiger partial charge is 0.396 e. The van der Waals surface area contributed by atoms with Gasteiger partial charge in [-0.1, -0.05) is 18.2 Å². The maximum atomic E-state index is 11.5. The molecular weight excluding hydrogens is 214 g/mol. The summed E-state index contributed by atoms with van der Waals surface area (Å²) in [6.45, 7) is 4.81. The van der Waals surface area contributed by atoms with Crippen LogP contribution in [0.25, 0.3) is 0 Å². The molecule has 1 aromatic carbocycles. The minimum atomic E-state index is -0.0766. The van der Waals surface area contributed by atoms with Crippen LogP contribution < -0.4 is 0 Å². The summed E-state index contributed by atoms with van der Waals surface area (Å²) in [5.74, 6) is -0.00339. The van der Waals surface area contributed by atoms with Gasteiger partial charge in [0.2, 0.25) is 5.91 Å². The molecule has 3 nitrogen and oxygen atoms in total. The highest BCUT2D eigenvalue weighted by molar-refractivity contribution is 5.75. The van der Waals surface area contributed by atoms with Gasteiger partial charge in [0.1, 0.15) is 0 Å². The molecule has 17 heavy (non-hydrogen) atoms. The minimum absolute atomic E-state index is 0.00339. The molecule has 94 valence electrons. The fourth-order valence-electron chi connectivity index (χ4n) is 1.67. The lowest BCUT2D eigenvalue weighted by Crippen LogP contribution is -2.29. The predicted molar refractivity (Wildman–Crippen MR) is 69.0 cm³/mol. The van der Waals surface area contributed by atoms with Crippen LogP contribution in [0.1, 0.15) is 23.1 Å². The van der Waals surface area contributed by atoms with Crippen LogP contribution in [-0.4, -0.2) is 36.1 Å². The van der Waals surface area contributed by atoms with Gasteiger partial charge in [0.15, 0.2) is 0 Å². The Kier molecular flexibility index (Phi) is 5.16. The average Bonchev–Trinajstić information content (AvgIpc) is 2.30. The van der Waals surface area contributed by atoms with E-state index >= 15 is 0 Å². The lowest BCUT2D eigenvalue weighted by Gasteiger charge is -2.16. The van der Waals surface area contributed by atoms with E-state index in [9.17, 15) is 4.79 Å². The van der Waals surface area contributed by atoms with Crippen molar-refractivity contribution in [2.45, 2.75) is 26.7 Å². The molecule has 0 heterocycles. The summed E-state index contributed by atoms with van der Waals surface area (Å²) in [7, 11) is 1.78. The Balaban J connectivity index is 2.50. The van der Waals surface area contributed by atoms with Gasteiger partial charge in [0.05, 0.1) is 6.61 Å². The molecule has 0 saturated carbocycles. The smallest absolute Gasteiger partial charge is 0.224 e. The summed E-state index contributed by atoms with van der Waals surface area (Å²) >= 11 is 0. The summed E-state index contributed by atoms with van der Waals surface area (Å²) in [5, 5.41) is 8.69. The third-order valence-corrected chi connectivity index (χ3v) is 3.06. The van der Waals surface area contributed by atoms with Crippen LogP contribution in [-0.2, 0) is 11.2 Å². The van der Waals surface area contributed by atoms with Gasteiger partial charge in [0, 0.05) is 20.0 Å². The Morgan fingerprint density at radius 1 is 1.29 bits per heavy atom. The highest BCUT2D eigenvalue weighted by Gasteiger charge is 2.07. The number of carbonyl (C=O) groups excluding carboxylic acids is 1. The first-order valence-corrected chi connectivity index (χ1v) is 5.95. The van der Waals surface area contributed by atoms with Gasteiger partial charge in [-0.25, -0.2) is 0 Å². The Morgan fingerprint density at radius 3 is 2.59 bits per heavy atom. The quantitative estimate of drug-likeness (QED) is 0.843. The number of carbonyl (C=O) groups is 1. The van der Waals surface area contributed by atoms with Gasteiger partial charge in [-0.2, -0.15) is 0 Å². The van der Waals surface area contributed by atoms with Gasteiger partial charge in [-0.05, 0) is 37.0 Å². The molecule has 1 aromatic rings. The number of rotatable bonds is 5. The molecule has 1 N–H and O–H groups in total. The summed E-state index contributed by atoms with van der Waals surface area (Å²) in [4.78, 5) is 13.1. The molecule has 1 rings (SSSR count). The molecule has 0 unspecified atom stereocenters. The van der Waals surface area contributed by atoms with Crippen molar-refractivity contribution in [2.75, 3.05) is 20.2 Å². The standard InChI is InChI=1S/C14H21NO2/c1-11-4-5-13(10-12(11)2)6-8-15(3)14(17)7-9-16/h4-5,10,16H,6-9H2,1-3H3. The van der Waals surface area contributed by atoms with E-state index in [0.29, 0.717) is 6.54 Å². The number of likely N-dealkylation sites (N-methyl/N-ethyl adjacent to an activating group) is 1. The maximum absolute atomic E-state index is 11.5. The third kappa shape index (κ3) is 4.19. The van der Waals surface area contributed by atoms with E-state index in [4.69, 9.17) is 5.11 Å². The van der Waals surface area contributed by atoms with Gasteiger partial charge in [-0.15, -0.1) is 0 Å². The SMILES string of the molecule is Cc1ccc(CCN(C)C(=O)CCO)cc1C. The number of aryl methyl sites for hydroxylation is 2. The van der Waals surface area contributed by atoms with Crippen LogP contribution in [0.3, 0.4) is 0 Å². The van der Waals surface area contributed by atoms with Crippen molar-refractivity contribution in [3.05, 3.63) is 34.9 Å². The molecule has 0 saturated heterocycles. The number of aliphatic hydroxyl groups is 1. The second kappa shape index (κ2) is 6.40. The number of amides is 1. The van der Waals surface area contributed by atoms with Crippen molar-refractivity contribution in [2.24, 2.45) is 0 Å². The highest BCUT2D eigenvalue weighted by atomic mass is 16.3. The minimum Gasteiger partial charge on any atom is -0.396 e. The third-order valence-electron chi connectivity index (χ3n) is 3.06. The Labute approximate surface area is 103 Å². The van der Waals surface area contributed by atoms with Crippen LogP contribution in [0.15, 0.2) is 18.2 Å². The molecule has 0 radical (unpaired) electrons. The molecule has 0 fully saturated rings. The summed E-state index contributed by atoms with van der Waals surface area (Å²) < 4.78 is 0. The lowest BCUT2D eigenvalue weighted by molar-refractivity contribution is -0.130. The van der Waals surface area contributed by atoms with Crippen LogP contribution in [0.2, 0.25) is 0 Å². The molecule has 3 heteroatoms. The number of hydrogen-bond acceptors (Lipinski definition) is 2. The molecule has 1 amide bonds. The fraction of sp³-hybridized carbons (Fsp3) is 0.500. The Bertz CT molecular complexity index is 388. The Hall–Kier alpha value is -1.35. The second-order valence-corrected chi connectivity index (χ2v) is 4.46. The Morgan fingerprint density at radius 2 is 2.00 bits per heavy atom. The van der Waals surface area contributed by atoms with Gasteiger partial charge >= 0.3 is 0 Å². The maximum Gasteiger partial charge on any atom is 0.224 e. The number of benzene rings is 1. The van der Waals surface area contributed by atoms with E-state index in [-0.39, 0.29) is 18.9 Å². The molecule has 0 aromatic heterocycles. The van der Waals surface area contributed by atoms with E-state index in [2.05, 4.69) is 32.0 Å². The highest BCUT2D eigenvalue weighted by Crippen LogP contribution is 2.10. The summed E-state index contributed by atoms with van der Waals surface area (Å²) in [5.41, 5.74) is 3.82. The first-order chi connectivity index (χ1) is 8.04. The van der Waals surface area contributed by atoms with Crippen molar-refractivity contribution in [1.29, 1.82) is 0 Å². The first-order valence-electron chi connectivity index (χ1n) is 5.95. The summed E-state index contributed by atoms with van der Waals surface area (Å²) in [6, 6.07) is 6.38. The molecule has 0 bridgehead atoms. The molecule has 0 spiro atoms. The molecular formula is C14H21NO2. The van der Waals surface area contributed by atoms with Crippen LogP contribution in [0.5, 0.6) is 0 Å². The molecule has 0 aliphatic rings. The molecule has 0 aliphatic carbocycles. The van der Waals surface area contributed by atoms with Crippen molar-refractivity contribution in [3.63, 3.8) is 0 Å². The predicted octanol–water partition coefficient (Wildman–Crippen LogP) is 1.69. The lowest BCUT2D eigenvalue weighted by atomic mass is 10.0. The molecule has 0 atom stereocenters. The van der Waals surface area contributed by atoms with Crippen LogP contribution >= 0.6 is 0 Å². The van der Waals surface area contributed by atoms with Crippen molar-refractivity contribution < 1.29 is 9.90 Å². The van der Waals surface area contributed by atoms with E-state index in [1.165, 1.54) is 16.7 Å². The van der Waals surface area contributed by atoms with E-state index < -0.39 is 0 Å². The van der Waals surface area contributed by atoms with Crippen molar-refractivity contribution in [3.8, 4) is 0 Å². The monoisotopic (exact) mass is 235 g/mol. The topological polar surface area (TPSA) is 40.5 Å². The zero-order valence-corrected chi connectivity index (χ0v) is 10.9. The summed E-state index contributed by atoms with van der Waals surface area (Å²) in [6.07, 6.45) is 1.07. The second-order valence-electron chi connectivity index (χ2n) is 4.46. The normalized spacial score (nSPS) is 10.4. The van der Waals surface area contributed by atoms with Gasteiger partial charge in [-0.3, -0.25) is 4.79 Å². The van der Waals surface area contributed by atoms with E-state index in [0.717, 1.165) is 6.42 Å².